The predicted molar refractivity (Wildman–Crippen MR) is 132 cm³/mol. The molecule has 2 N–H and O–H groups in total. The molecule has 0 saturated carbocycles. The molecular weight excluding hydrogens is 442 g/mol. The zero-order valence-corrected chi connectivity index (χ0v) is 19.2. The van der Waals surface area contributed by atoms with E-state index in [9.17, 15) is 9.59 Å². The summed E-state index contributed by atoms with van der Waals surface area (Å²) < 4.78 is 7.17. The van der Waals surface area contributed by atoms with Crippen molar-refractivity contribution in [2.75, 3.05) is 10.6 Å². The molecule has 1 unspecified atom stereocenters. The van der Waals surface area contributed by atoms with Gasteiger partial charge in [-0.1, -0.05) is 48.0 Å². The number of allylic oxidation sites excluding steroid dienone is 1. The van der Waals surface area contributed by atoms with Gasteiger partial charge in [0.1, 0.15) is 18.1 Å². The van der Waals surface area contributed by atoms with E-state index in [0.29, 0.717) is 34.2 Å². The molecule has 35 heavy (non-hydrogen) atoms. The van der Waals surface area contributed by atoms with E-state index < -0.39 is 12.0 Å². The molecule has 1 aromatic heterocycles. The Labute approximate surface area is 202 Å². The number of amides is 1. The van der Waals surface area contributed by atoms with Crippen molar-refractivity contribution in [3.05, 3.63) is 113 Å². The first-order valence-electron chi connectivity index (χ1n) is 11.1. The lowest BCUT2D eigenvalue weighted by atomic mass is 9.95. The minimum absolute atomic E-state index is 0.246. The van der Waals surface area contributed by atoms with Gasteiger partial charge < -0.3 is 15.4 Å². The molecule has 1 atom stereocenters. The van der Waals surface area contributed by atoms with Gasteiger partial charge in [0, 0.05) is 11.4 Å². The van der Waals surface area contributed by atoms with E-state index in [1.807, 2.05) is 56.3 Å². The SMILES string of the molecule is CC1=C(C(=O)Nc2ccc(C)cc2)C(c2ccc(OC(=O)c3ccccc3)cc2)n2ncnc2N1. The number of hydrogen-bond donors (Lipinski definition) is 2. The highest BCUT2D eigenvalue weighted by molar-refractivity contribution is 6.06. The van der Waals surface area contributed by atoms with Gasteiger partial charge in [-0.05, 0) is 55.8 Å². The van der Waals surface area contributed by atoms with Gasteiger partial charge in [-0.25, -0.2) is 9.48 Å². The molecule has 0 spiro atoms. The quantitative estimate of drug-likeness (QED) is 0.327. The smallest absolute Gasteiger partial charge is 0.343 e. The Balaban J connectivity index is 1.43. The van der Waals surface area contributed by atoms with Crippen molar-refractivity contribution in [1.82, 2.24) is 14.8 Å². The van der Waals surface area contributed by atoms with Crippen molar-refractivity contribution in [2.45, 2.75) is 19.9 Å². The van der Waals surface area contributed by atoms with Crippen molar-refractivity contribution in [3.8, 4) is 5.75 Å². The van der Waals surface area contributed by atoms with Crippen LogP contribution in [0, 0.1) is 6.92 Å². The average Bonchev–Trinajstić information content (AvgIpc) is 3.33. The molecule has 5 rings (SSSR count). The van der Waals surface area contributed by atoms with E-state index in [2.05, 4.69) is 20.7 Å². The molecule has 1 aliphatic heterocycles. The topological polar surface area (TPSA) is 98.1 Å². The number of nitrogens with zero attached hydrogens (tertiary/aromatic N) is 3. The Bertz CT molecular complexity index is 1410. The highest BCUT2D eigenvalue weighted by atomic mass is 16.5. The van der Waals surface area contributed by atoms with Crippen LogP contribution < -0.4 is 15.4 Å². The first kappa shape index (κ1) is 22.1. The van der Waals surface area contributed by atoms with Crippen molar-refractivity contribution in [1.29, 1.82) is 0 Å². The van der Waals surface area contributed by atoms with Crippen LogP contribution in [0.4, 0.5) is 11.6 Å². The fourth-order valence-electron chi connectivity index (χ4n) is 3.99. The van der Waals surface area contributed by atoms with Crippen molar-refractivity contribution >= 4 is 23.5 Å². The largest absolute Gasteiger partial charge is 0.423 e. The Morgan fingerprint density at radius 1 is 0.943 bits per heavy atom. The van der Waals surface area contributed by atoms with E-state index in [1.165, 1.54) is 6.33 Å². The van der Waals surface area contributed by atoms with E-state index >= 15 is 0 Å². The molecule has 8 heteroatoms. The molecule has 0 saturated heterocycles. The molecule has 2 heterocycles. The second-order valence-electron chi connectivity index (χ2n) is 8.24. The second kappa shape index (κ2) is 9.26. The number of nitrogens with one attached hydrogen (secondary N) is 2. The maximum atomic E-state index is 13.4. The number of aryl methyl sites for hydroxylation is 1. The van der Waals surface area contributed by atoms with Crippen LogP contribution in [0.2, 0.25) is 0 Å². The molecular formula is C27H23N5O3. The fourth-order valence-corrected chi connectivity index (χ4v) is 3.99. The number of benzene rings is 3. The summed E-state index contributed by atoms with van der Waals surface area (Å²) in [6.45, 7) is 3.83. The van der Waals surface area contributed by atoms with Crippen molar-refractivity contribution in [3.63, 3.8) is 0 Å². The number of carbonyl (C=O) groups excluding carboxylic acids is 2. The Kier molecular flexibility index (Phi) is 5.85. The first-order valence-corrected chi connectivity index (χ1v) is 11.1. The van der Waals surface area contributed by atoms with E-state index in [1.54, 1.807) is 41.1 Å². The molecule has 0 aliphatic carbocycles. The van der Waals surface area contributed by atoms with Crippen molar-refractivity contribution in [2.24, 2.45) is 0 Å². The Hall–Kier alpha value is -4.72. The second-order valence-corrected chi connectivity index (χ2v) is 8.24. The molecule has 174 valence electrons. The molecule has 0 bridgehead atoms. The van der Waals surface area contributed by atoms with E-state index in [0.717, 1.165) is 11.1 Å². The Morgan fingerprint density at radius 3 is 2.37 bits per heavy atom. The number of ether oxygens (including phenoxy) is 1. The highest BCUT2D eigenvalue weighted by Crippen LogP contribution is 2.35. The molecule has 1 aliphatic rings. The van der Waals surface area contributed by atoms with Gasteiger partial charge >= 0.3 is 5.97 Å². The van der Waals surface area contributed by atoms with Crippen LogP contribution in [0.5, 0.6) is 5.75 Å². The molecule has 1 amide bonds. The number of rotatable bonds is 5. The molecule has 4 aromatic rings. The number of esters is 1. The summed E-state index contributed by atoms with van der Waals surface area (Å²) in [5.74, 6) is 0.262. The van der Waals surface area contributed by atoms with Crippen LogP contribution in [0.15, 0.2) is 96.5 Å². The molecule has 0 fully saturated rings. The first-order chi connectivity index (χ1) is 17.0. The predicted octanol–water partition coefficient (Wildman–Crippen LogP) is 4.73. The van der Waals surface area contributed by atoms with Gasteiger partial charge in [-0.2, -0.15) is 10.1 Å². The van der Waals surface area contributed by atoms with Crippen LogP contribution >= 0.6 is 0 Å². The Morgan fingerprint density at radius 2 is 1.66 bits per heavy atom. The highest BCUT2D eigenvalue weighted by Gasteiger charge is 2.33. The summed E-state index contributed by atoms with van der Waals surface area (Å²) in [5, 5.41) is 10.5. The van der Waals surface area contributed by atoms with Crippen LogP contribution in [-0.4, -0.2) is 26.6 Å². The minimum Gasteiger partial charge on any atom is -0.423 e. The number of anilines is 2. The van der Waals surface area contributed by atoms with Crippen LogP contribution in [0.25, 0.3) is 0 Å². The third-order valence-electron chi connectivity index (χ3n) is 5.76. The summed E-state index contributed by atoms with van der Waals surface area (Å²) >= 11 is 0. The molecule has 8 nitrogen and oxygen atoms in total. The third kappa shape index (κ3) is 4.54. The zero-order valence-electron chi connectivity index (χ0n) is 19.2. The summed E-state index contributed by atoms with van der Waals surface area (Å²) in [6.07, 6.45) is 1.44. The number of aromatic nitrogens is 3. The van der Waals surface area contributed by atoms with Gasteiger partial charge in [0.2, 0.25) is 5.95 Å². The van der Waals surface area contributed by atoms with Crippen LogP contribution in [-0.2, 0) is 4.79 Å². The van der Waals surface area contributed by atoms with Crippen LogP contribution in [0.1, 0.15) is 34.5 Å². The average molecular weight is 466 g/mol. The molecule has 3 aromatic carbocycles. The fraction of sp³-hybridized carbons (Fsp3) is 0.111. The lowest BCUT2D eigenvalue weighted by Gasteiger charge is -2.28. The summed E-state index contributed by atoms with van der Waals surface area (Å²) in [4.78, 5) is 30.1. The standard InChI is InChI=1S/C27H23N5O3/c1-17-8-12-21(13-9-17)31-25(33)23-18(2)30-27-28-16-29-32(27)24(23)19-10-14-22(15-11-19)35-26(34)20-6-4-3-5-7-20/h3-16,24H,1-2H3,(H,31,33)(H,28,29,30). The van der Waals surface area contributed by atoms with Gasteiger partial charge in [0.05, 0.1) is 11.1 Å². The van der Waals surface area contributed by atoms with Gasteiger partial charge in [0.25, 0.3) is 5.91 Å². The number of fused-ring (bicyclic) bond motifs is 1. The minimum atomic E-state index is -0.516. The summed E-state index contributed by atoms with van der Waals surface area (Å²) in [5.41, 5.74) is 4.27. The zero-order chi connectivity index (χ0) is 24.4. The summed E-state index contributed by atoms with van der Waals surface area (Å²) in [7, 11) is 0. The summed E-state index contributed by atoms with van der Waals surface area (Å²) in [6, 6.07) is 23.0. The third-order valence-corrected chi connectivity index (χ3v) is 5.76. The monoisotopic (exact) mass is 465 g/mol. The van der Waals surface area contributed by atoms with Crippen molar-refractivity contribution < 1.29 is 14.3 Å². The normalized spacial score (nSPS) is 14.6. The number of hydrogen-bond acceptors (Lipinski definition) is 6. The van der Waals surface area contributed by atoms with Gasteiger partial charge in [-0.3, -0.25) is 4.79 Å². The van der Waals surface area contributed by atoms with Gasteiger partial charge in [-0.15, -0.1) is 0 Å². The van der Waals surface area contributed by atoms with E-state index in [4.69, 9.17) is 4.74 Å². The maximum absolute atomic E-state index is 13.4. The van der Waals surface area contributed by atoms with E-state index in [-0.39, 0.29) is 5.91 Å². The molecule has 0 radical (unpaired) electrons. The maximum Gasteiger partial charge on any atom is 0.343 e. The lowest BCUT2D eigenvalue weighted by Crippen LogP contribution is -2.31. The number of carbonyl (C=O) groups is 2. The van der Waals surface area contributed by atoms with Crippen LogP contribution in [0.3, 0.4) is 0 Å². The lowest BCUT2D eigenvalue weighted by molar-refractivity contribution is -0.113. The van der Waals surface area contributed by atoms with Gasteiger partial charge in [0.15, 0.2) is 0 Å².